The van der Waals surface area contributed by atoms with Crippen molar-refractivity contribution in [2.24, 2.45) is 5.73 Å². The zero-order valence-electron chi connectivity index (χ0n) is 18.5. The average Bonchev–Trinajstić information content (AvgIpc) is 2.70. The van der Waals surface area contributed by atoms with Crippen molar-refractivity contribution in [3.05, 3.63) is 35.9 Å². The quantitative estimate of drug-likeness (QED) is 0.303. The molecule has 0 bridgehead atoms. The van der Waals surface area contributed by atoms with E-state index in [4.69, 9.17) is 5.73 Å². The molecule has 0 heterocycles. The van der Waals surface area contributed by atoms with Crippen LogP contribution in [-0.2, 0) is 6.42 Å². The highest BCUT2D eigenvalue weighted by Crippen LogP contribution is 2.11. The van der Waals surface area contributed by atoms with Crippen LogP contribution in [0.25, 0.3) is 0 Å². The minimum atomic E-state index is -0.505. The lowest BCUT2D eigenvalue weighted by Gasteiger charge is -2.25. The Labute approximate surface area is 173 Å². The molecule has 0 aromatic heterocycles. The molecule has 1 aromatic rings. The van der Waals surface area contributed by atoms with Crippen LogP contribution in [0.3, 0.4) is 0 Å². The third-order valence-corrected chi connectivity index (χ3v) is 5.56. The van der Waals surface area contributed by atoms with Crippen molar-refractivity contribution in [2.45, 2.75) is 103 Å². The van der Waals surface area contributed by atoms with E-state index in [0.29, 0.717) is 25.0 Å². The summed E-state index contributed by atoms with van der Waals surface area (Å²) in [5.41, 5.74) is 7.32. The lowest BCUT2D eigenvalue weighted by Crippen LogP contribution is -2.43. The number of benzene rings is 1. The minimum Gasteiger partial charge on any atom is -0.390 e. The first-order valence-electron chi connectivity index (χ1n) is 11.5. The van der Waals surface area contributed by atoms with Crippen molar-refractivity contribution in [3.8, 4) is 0 Å². The van der Waals surface area contributed by atoms with Gasteiger partial charge in [-0.05, 0) is 50.6 Å². The number of nitrogens with one attached hydrogen (secondary N) is 2. The molecule has 4 heteroatoms. The first-order chi connectivity index (χ1) is 13.6. The van der Waals surface area contributed by atoms with Crippen LogP contribution in [0.1, 0.15) is 77.7 Å². The number of aliphatic hydroxyl groups is 1. The average molecular weight is 392 g/mol. The highest BCUT2D eigenvalue weighted by molar-refractivity contribution is 5.16. The van der Waals surface area contributed by atoms with Crippen LogP contribution < -0.4 is 16.4 Å². The Bertz CT molecular complexity index is 462. The Kier molecular flexibility index (Phi) is 14.3. The molecule has 0 fully saturated rings. The Morgan fingerprint density at radius 2 is 1.61 bits per heavy atom. The van der Waals surface area contributed by atoms with E-state index in [1.165, 1.54) is 50.5 Å². The molecule has 1 unspecified atom stereocenters. The summed E-state index contributed by atoms with van der Waals surface area (Å²) in [5.74, 6) is 0. The van der Waals surface area contributed by atoms with Crippen LogP contribution in [0.15, 0.2) is 30.3 Å². The molecular formula is C24H45N3O. The van der Waals surface area contributed by atoms with Gasteiger partial charge in [-0.15, -0.1) is 0 Å². The van der Waals surface area contributed by atoms with Gasteiger partial charge in [-0.3, -0.25) is 0 Å². The fraction of sp³-hybridized carbons (Fsp3) is 0.750. The molecule has 0 aliphatic heterocycles. The van der Waals surface area contributed by atoms with E-state index in [1.807, 2.05) is 18.2 Å². The molecule has 0 aliphatic rings. The van der Waals surface area contributed by atoms with Gasteiger partial charge in [-0.25, -0.2) is 0 Å². The molecule has 1 aromatic carbocycles. The van der Waals surface area contributed by atoms with Gasteiger partial charge in [-0.1, -0.05) is 70.4 Å². The Hall–Kier alpha value is -0.940. The zero-order valence-corrected chi connectivity index (χ0v) is 18.5. The third-order valence-electron chi connectivity index (χ3n) is 5.56. The Morgan fingerprint density at radius 3 is 2.21 bits per heavy atom. The summed E-state index contributed by atoms with van der Waals surface area (Å²) in [5, 5.41) is 17.5. The number of rotatable bonds is 17. The molecule has 0 radical (unpaired) electrons. The van der Waals surface area contributed by atoms with Gasteiger partial charge in [0.15, 0.2) is 0 Å². The van der Waals surface area contributed by atoms with E-state index in [1.54, 1.807) is 0 Å². The second-order valence-corrected chi connectivity index (χ2v) is 8.17. The van der Waals surface area contributed by atoms with Gasteiger partial charge in [0, 0.05) is 24.7 Å². The van der Waals surface area contributed by atoms with Gasteiger partial charge >= 0.3 is 0 Å². The highest BCUT2D eigenvalue weighted by Gasteiger charge is 2.15. The minimum absolute atomic E-state index is 0.224. The molecule has 162 valence electrons. The van der Waals surface area contributed by atoms with Crippen LogP contribution in [0.2, 0.25) is 0 Å². The summed E-state index contributed by atoms with van der Waals surface area (Å²) in [4.78, 5) is 0. The van der Waals surface area contributed by atoms with Gasteiger partial charge in [0.05, 0.1) is 6.10 Å². The van der Waals surface area contributed by atoms with E-state index in [2.05, 4.69) is 43.5 Å². The van der Waals surface area contributed by atoms with Crippen LogP contribution in [0.4, 0.5) is 0 Å². The molecule has 1 rings (SSSR count). The summed E-state index contributed by atoms with van der Waals surface area (Å²) in [7, 11) is 0. The van der Waals surface area contributed by atoms with Crippen LogP contribution >= 0.6 is 0 Å². The van der Waals surface area contributed by atoms with Gasteiger partial charge in [0.1, 0.15) is 0 Å². The van der Waals surface area contributed by atoms with Crippen molar-refractivity contribution in [1.29, 1.82) is 0 Å². The van der Waals surface area contributed by atoms with Crippen LogP contribution in [0, 0.1) is 0 Å². The first-order valence-corrected chi connectivity index (χ1v) is 11.5. The van der Waals surface area contributed by atoms with E-state index in [-0.39, 0.29) is 6.04 Å². The number of nitrogens with two attached hydrogens (primary N) is 1. The Balaban J connectivity index is 2.14. The molecule has 5 N–H and O–H groups in total. The fourth-order valence-corrected chi connectivity index (χ4v) is 3.81. The number of hydrogen-bond acceptors (Lipinski definition) is 4. The van der Waals surface area contributed by atoms with Gasteiger partial charge in [-0.2, -0.15) is 0 Å². The van der Waals surface area contributed by atoms with Crippen molar-refractivity contribution in [1.82, 2.24) is 10.6 Å². The van der Waals surface area contributed by atoms with E-state index in [9.17, 15) is 5.11 Å². The zero-order chi connectivity index (χ0) is 20.6. The predicted molar refractivity (Wildman–Crippen MR) is 122 cm³/mol. The summed E-state index contributed by atoms with van der Waals surface area (Å²) in [6.07, 6.45) is 10.1. The van der Waals surface area contributed by atoms with Crippen LogP contribution in [-0.4, -0.2) is 42.4 Å². The number of unbranched alkanes of at least 4 members (excludes halogenated alkanes) is 1. The largest absolute Gasteiger partial charge is 0.390 e. The normalized spacial score (nSPS) is 14.9. The van der Waals surface area contributed by atoms with Crippen molar-refractivity contribution in [2.75, 3.05) is 13.1 Å². The molecular weight excluding hydrogens is 346 g/mol. The summed E-state index contributed by atoms with van der Waals surface area (Å²) in [6, 6.07) is 11.2. The first kappa shape index (κ1) is 25.1. The molecule has 0 saturated carbocycles. The molecule has 28 heavy (non-hydrogen) atoms. The highest BCUT2D eigenvalue weighted by atomic mass is 16.3. The summed E-state index contributed by atoms with van der Waals surface area (Å²) < 4.78 is 0. The SMILES string of the molecule is CCCC(CCC)NC(CC)CCCCNC[C@@H](O)[C@@H](N)Cc1ccccc1. The van der Waals surface area contributed by atoms with Gasteiger partial charge < -0.3 is 21.5 Å². The second kappa shape index (κ2) is 15.9. The maximum Gasteiger partial charge on any atom is 0.0818 e. The topological polar surface area (TPSA) is 70.3 Å². The number of aliphatic hydroxyl groups excluding tert-OH is 1. The van der Waals surface area contributed by atoms with Crippen molar-refractivity contribution < 1.29 is 5.11 Å². The monoisotopic (exact) mass is 391 g/mol. The maximum absolute atomic E-state index is 10.3. The van der Waals surface area contributed by atoms with Crippen LogP contribution in [0.5, 0.6) is 0 Å². The third kappa shape index (κ3) is 11.2. The second-order valence-electron chi connectivity index (χ2n) is 8.17. The molecule has 3 atom stereocenters. The van der Waals surface area contributed by atoms with Gasteiger partial charge in [0.25, 0.3) is 0 Å². The van der Waals surface area contributed by atoms with E-state index < -0.39 is 6.10 Å². The molecule has 0 aliphatic carbocycles. The standard InChI is InChI=1S/C24H45N3O/c1-4-12-22(13-5-2)27-21(6-3)16-10-11-17-26-19-24(28)23(25)18-20-14-8-7-9-15-20/h7-9,14-15,21-24,26-28H,4-6,10-13,16-19,25H2,1-3H3/t21?,23-,24+/m0/s1. The molecule has 0 spiro atoms. The van der Waals surface area contributed by atoms with E-state index in [0.717, 1.165) is 13.0 Å². The molecule has 4 nitrogen and oxygen atoms in total. The predicted octanol–water partition coefficient (Wildman–Crippen LogP) is 4.01. The lowest BCUT2D eigenvalue weighted by molar-refractivity contribution is 0.141. The Morgan fingerprint density at radius 1 is 0.929 bits per heavy atom. The molecule has 0 saturated heterocycles. The van der Waals surface area contributed by atoms with Gasteiger partial charge in [0.2, 0.25) is 0 Å². The van der Waals surface area contributed by atoms with E-state index >= 15 is 0 Å². The summed E-state index contributed by atoms with van der Waals surface area (Å²) >= 11 is 0. The molecule has 0 amide bonds. The van der Waals surface area contributed by atoms with Crippen molar-refractivity contribution >= 4 is 0 Å². The lowest BCUT2D eigenvalue weighted by atomic mass is 10.0. The smallest absolute Gasteiger partial charge is 0.0818 e. The van der Waals surface area contributed by atoms with Crippen molar-refractivity contribution in [3.63, 3.8) is 0 Å². The summed E-state index contributed by atoms with van der Waals surface area (Å²) in [6.45, 7) is 8.35. The fourth-order valence-electron chi connectivity index (χ4n) is 3.81. The number of hydrogen-bond donors (Lipinski definition) is 4. The maximum atomic E-state index is 10.3.